The van der Waals surface area contributed by atoms with Crippen LogP contribution in [0.4, 0.5) is 4.79 Å². The van der Waals surface area contributed by atoms with Crippen LogP contribution in [0.3, 0.4) is 0 Å². The summed E-state index contributed by atoms with van der Waals surface area (Å²) in [7, 11) is -4.07. The number of nitrogens with two attached hydrogens (primary N) is 1. The van der Waals surface area contributed by atoms with Crippen molar-refractivity contribution in [2.45, 2.75) is 23.7 Å². The fraction of sp³-hybridized carbons (Fsp3) is 0.235. The Morgan fingerprint density at radius 1 is 1.08 bits per heavy atom. The first-order chi connectivity index (χ1) is 12.3. The van der Waals surface area contributed by atoms with Gasteiger partial charge in [0.05, 0.1) is 4.90 Å². The zero-order valence-corrected chi connectivity index (χ0v) is 14.6. The molecule has 0 saturated heterocycles. The van der Waals surface area contributed by atoms with Crippen molar-refractivity contribution in [2.75, 3.05) is 6.54 Å². The monoisotopic (exact) mass is 380 g/mol. The number of amides is 1. The van der Waals surface area contributed by atoms with E-state index in [0.717, 1.165) is 5.56 Å². The van der Waals surface area contributed by atoms with E-state index in [1.165, 1.54) is 24.3 Å². The van der Waals surface area contributed by atoms with Crippen LogP contribution in [0, 0.1) is 0 Å². The van der Waals surface area contributed by atoms with Gasteiger partial charge in [-0.1, -0.05) is 48.5 Å². The van der Waals surface area contributed by atoms with Crippen LogP contribution in [0.25, 0.3) is 0 Å². The van der Waals surface area contributed by atoms with E-state index >= 15 is 0 Å². The Labute approximate surface area is 151 Å². The predicted molar refractivity (Wildman–Crippen MR) is 93.4 cm³/mol. The van der Waals surface area contributed by atoms with E-state index in [2.05, 4.69) is 5.32 Å². The highest BCUT2D eigenvalue weighted by Crippen LogP contribution is 2.23. The second kappa shape index (κ2) is 8.77. The molecule has 0 aromatic heterocycles. The Morgan fingerprint density at radius 3 is 2.35 bits per heavy atom. The van der Waals surface area contributed by atoms with Gasteiger partial charge in [0.25, 0.3) is 0 Å². The number of hydrogen-bond acceptors (Lipinski definition) is 6. The average Bonchev–Trinajstić information content (AvgIpc) is 2.64. The maximum Gasteiger partial charge on any atom is 0.407 e. The van der Waals surface area contributed by atoms with Crippen molar-refractivity contribution in [3.8, 4) is 0 Å². The van der Waals surface area contributed by atoms with Gasteiger partial charge in [-0.3, -0.25) is 0 Å². The van der Waals surface area contributed by atoms with E-state index in [0.29, 0.717) is 0 Å². The maximum absolute atomic E-state index is 11.7. The lowest BCUT2D eigenvalue weighted by molar-refractivity contribution is 0.0168. The van der Waals surface area contributed by atoms with E-state index in [1.807, 2.05) is 6.07 Å². The Hall–Kier alpha value is -2.46. The van der Waals surface area contributed by atoms with Crippen LogP contribution in [0.5, 0.6) is 0 Å². The molecule has 2 aromatic carbocycles. The minimum atomic E-state index is -4.07. The highest BCUT2D eigenvalue weighted by atomic mass is 32.2. The topological polar surface area (TPSA) is 139 Å². The van der Waals surface area contributed by atoms with Crippen LogP contribution >= 0.6 is 0 Å². The number of sulfonamides is 1. The van der Waals surface area contributed by atoms with Gasteiger partial charge in [0, 0.05) is 12.1 Å². The zero-order chi connectivity index (χ0) is 19.2. The van der Waals surface area contributed by atoms with E-state index in [4.69, 9.17) is 9.88 Å². The minimum Gasteiger partial charge on any atom is -0.445 e. The van der Waals surface area contributed by atoms with E-state index in [9.17, 15) is 23.4 Å². The summed E-state index contributed by atoms with van der Waals surface area (Å²) in [5.41, 5.74) is 0.743. The molecule has 0 aliphatic heterocycles. The molecule has 1 amide bonds. The second-order valence-corrected chi connectivity index (χ2v) is 7.07. The molecule has 0 spiro atoms. The Balaban J connectivity index is 1.91. The quantitative estimate of drug-likeness (QED) is 0.556. The fourth-order valence-corrected chi connectivity index (χ4v) is 3.05. The number of rotatable bonds is 7. The van der Waals surface area contributed by atoms with Crippen LogP contribution in [-0.4, -0.2) is 37.4 Å². The van der Waals surface area contributed by atoms with Crippen molar-refractivity contribution in [1.82, 2.24) is 5.32 Å². The van der Waals surface area contributed by atoms with Gasteiger partial charge in [0.15, 0.2) is 0 Å². The molecular weight excluding hydrogens is 360 g/mol. The average molecular weight is 380 g/mol. The van der Waals surface area contributed by atoms with E-state index in [-0.39, 0.29) is 23.6 Å². The van der Waals surface area contributed by atoms with Crippen LogP contribution in [0.1, 0.15) is 17.2 Å². The van der Waals surface area contributed by atoms with Gasteiger partial charge in [-0.15, -0.1) is 0 Å². The van der Waals surface area contributed by atoms with Crippen LogP contribution in [-0.2, 0) is 21.4 Å². The lowest BCUT2D eigenvalue weighted by Crippen LogP contribution is -2.36. The number of aliphatic hydroxyl groups is 2. The van der Waals surface area contributed by atoms with Gasteiger partial charge in [-0.2, -0.15) is 0 Å². The number of ether oxygens (including phenoxy) is 1. The SMILES string of the molecule is NS(=O)(=O)c1ccccc1C(O)C(O)CNC(=O)OCc1ccccc1. The summed E-state index contributed by atoms with van der Waals surface area (Å²) in [6.45, 7) is -0.284. The summed E-state index contributed by atoms with van der Waals surface area (Å²) >= 11 is 0. The first-order valence-corrected chi connectivity index (χ1v) is 9.26. The molecule has 0 aliphatic rings. The van der Waals surface area contributed by atoms with Gasteiger partial charge < -0.3 is 20.3 Å². The molecule has 0 fully saturated rings. The minimum absolute atomic E-state index is 0.0537. The van der Waals surface area contributed by atoms with E-state index < -0.39 is 28.3 Å². The molecule has 2 unspecified atom stereocenters. The van der Waals surface area contributed by atoms with Gasteiger partial charge in [-0.05, 0) is 11.6 Å². The Kier molecular flexibility index (Phi) is 6.70. The molecule has 0 heterocycles. The Morgan fingerprint density at radius 2 is 1.69 bits per heavy atom. The molecule has 2 rings (SSSR count). The largest absolute Gasteiger partial charge is 0.445 e. The maximum atomic E-state index is 11.7. The highest BCUT2D eigenvalue weighted by Gasteiger charge is 2.25. The van der Waals surface area contributed by atoms with Crippen molar-refractivity contribution >= 4 is 16.1 Å². The summed E-state index contributed by atoms with van der Waals surface area (Å²) in [4.78, 5) is 11.4. The Bertz CT molecular complexity index is 841. The third-order valence-corrected chi connectivity index (χ3v) is 4.56. The number of alkyl carbamates (subject to hydrolysis) is 1. The molecule has 26 heavy (non-hydrogen) atoms. The summed E-state index contributed by atoms with van der Waals surface area (Å²) in [6.07, 6.45) is -3.79. The summed E-state index contributed by atoms with van der Waals surface area (Å²) in [6, 6.07) is 14.5. The number of carbonyl (C=O) groups is 1. The molecular formula is C17H20N2O6S. The molecule has 8 nitrogen and oxygen atoms in total. The van der Waals surface area contributed by atoms with Crippen molar-refractivity contribution in [2.24, 2.45) is 5.14 Å². The normalized spacial score (nSPS) is 13.7. The predicted octanol–water partition coefficient (Wildman–Crippen LogP) is 0.655. The third kappa shape index (κ3) is 5.53. The highest BCUT2D eigenvalue weighted by molar-refractivity contribution is 7.89. The zero-order valence-electron chi connectivity index (χ0n) is 13.8. The van der Waals surface area contributed by atoms with Crippen molar-refractivity contribution < 1.29 is 28.2 Å². The first kappa shape index (κ1) is 19.9. The second-order valence-electron chi connectivity index (χ2n) is 5.54. The standard InChI is InChI=1S/C17H20N2O6S/c18-26(23,24)15-9-5-4-8-13(15)16(21)14(20)10-19-17(22)25-11-12-6-2-1-3-7-12/h1-9,14,16,20-21H,10-11H2,(H,19,22)(H2,18,23,24). The number of hydrogen-bond donors (Lipinski definition) is 4. The summed E-state index contributed by atoms with van der Waals surface area (Å²) in [5.74, 6) is 0. The van der Waals surface area contributed by atoms with Crippen molar-refractivity contribution in [1.29, 1.82) is 0 Å². The molecule has 5 N–H and O–H groups in total. The molecule has 9 heteroatoms. The van der Waals surface area contributed by atoms with Gasteiger partial charge in [0.2, 0.25) is 10.0 Å². The van der Waals surface area contributed by atoms with Crippen molar-refractivity contribution in [3.05, 3.63) is 65.7 Å². The molecule has 0 saturated carbocycles. The molecule has 0 bridgehead atoms. The van der Waals surface area contributed by atoms with Crippen molar-refractivity contribution in [3.63, 3.8) is 0 Å². The van der Waals surface area contributed by atoms with Gasteiger partial charge in [0.1, 0.15) is 18.8 Å². The fourth-order valence-electron chi connectivity index (χ4n) is 2.26. The molecule has 0 radical (unpaired) electrons. The number of benzene rings is 2. The lowest BCUT2D eigenvalue weighted by Gasteiger charge is -2.20. The number of nitrogens with one attached hydrogen (secondary N) is 1. The molecule has 140 valence electrons. The molecule has 2 atom stereocenters. The van der Waals surface area contributed by atoms with Crippen LogP contribution in [0.2, 0.25) is 0 Å². The van der Waals surface area contributed by atoms with E-state index in [1.54, 1.807) is 24.3 Å². The summed E-state index contributed by atoms with van der Waals surface area (Å²) in [5, 5.41) is 27.6. The van der Waals surface area contributed by atoms with Crippen LogP contribution < -0.4 is 10.5 Å². The molecule has 2 aromatic rings. The molecule has 0 aliphatic carbocycles. The number of primary sulfonamides is 1. The van der Waals surface area contributed by atoms with Gasteiger partial charge >= 0.3 is 6.09 Å². The number of aliphatic hydroxyl groups excluding tert-OH is 2. The van der Waals surface area contributed by atoms with Gasteiger partial charge in [-0.25, -0.2) is 18.4 Å². The van der Waals surface area contributed by atoms with Crippen LogP contribution in [0.15, 0.2) is 59.5 Å². The number of carbonyl (C=O) groups excluding carboxylic acids is 1. The first-order valence-electron chi connectivity index (χ1n) is 7.71. The lowest BCUT2D eigenvalue weighted by atomic mass is 10.0. The third-order valence-electron chi connectivity index (χ3n) is 3.58. The smallest absolute Gasteiger partial charge is 0.407 e. The summed E-state index contributed by atoms with van der Waals surface area (Å²) < 4.78 is 28.1.